The number of aryl methyl sites for hydroxylation is 1. The van der Waals surface area contributed by atoms with Crippen LogP contribution >= 0.6 is 11.8 Å². The zero-order valence-corrected chi connectivity index (χ0v) is 25.1. The van der Waals surface area contributed by atoms with Crippen molar-refractivity contribution >= 4 is 29.7 Å². The van der Waals surface area contributed by atoms with Gasteiger partial charge >= 0.3 is 0 Å². The summed E-state index contributed by atoms with van der Waals surface area (Å²) >= 11 is 1.76. The number of rotatable bonds is 9. The molecule has 0 spiro atoms. The average molecular weight is 560 g/mol. The molecule has 5 nitrogen and oxygen atoms in total. The van der Waals surface area contributed by atoms with Crippen molar-refractivity contribution < 1.29 is 9.59 Å². The molecule has 2 aliphatic heterocycles. The zero-order chi connectivity index (χ0) is 27.9. The highest BCUT2D eigenvalue weighted by Crippen LogP contribution is 2.42. The molecule has 2 saturated heterocycles. The molecule has 3 aliphatic rings. The largest absolute Gasteiger partial charge is 0.352 e. The lowest BCUT2D eigenvalue weighted by atomic mass is 9.92. The molecule has 1 N–H and O–H groups in total. The maximum Gasteiger partial charge on any atom is 0.260 e. The third kappa shape index (κ3) is 7.19. The standard InChI is InChI=1S/C34H45N3O2S/c1-3-29-12-6-7-20-36(29)21-9-19-35-33(38)28-17-15-26(16-18-28)23-32-34(39)37(24-27-11-8-10-25(2)22-27)30-13-4-5-14-31(30)40-32/h8,10-11,15-18,22-23,29-31H,3-7,9,12-14,19-21,24H2,1-2H3,(H,35,38)/b32-23+. The van der Waals surface area contributed by atoms with Gasteiger partial charge in [0.05, 0.1) is 4.91 Å². The monoisotopic (exact) mass is 559 g/mol. The van der Waals surface area contributed by atoms with Gasteiger partial charge in [0.2, 0.25) is 0 Å². The molecule has 2 amide bonds. The summed E-state index contributed by atoms with van der Waals surface area (Å²) in [4.78, 5) is 32.0. The first kappa shape index (κ1) is 28.9. The van der Waals surface area contributed by atoms with E-state index in [0.717, 1.165) is 36.3 Å². The normalized spacial score (nSPS) is 24.6. The predicted molar refractivity (Wildman–Crippen MR) is 166 cm³/mol. The van der Waals surface area contributed by atoms with Crippen LogP contribution < -0.4 is 5.32 Å². The summed E-state index contributed by atoms with van der Waals surface area (Å²) < 4.78 is 0. The molecule has 3 unspecified atom stereocenters. The van der Waals surface area contributed by atoms with Gasteiger partial charge in [0.1, 0.15) is 0 Å². The lowest BCUT2D eigenvalue weighted by Gasteiger charge is -2.44. The van der Waals surface area contributed by atoms with Crippen molar-refractivity contribution in [2.24, 2.45) is 0 Å². The molecule has 3 atom stereocenters. The van der Waals surface area contributed by atoms with Gasteiger partial charge in [0.25, 0.3) is 11.8 Å². The average Bonchev–Trinajstić information content (AvgIpc) is 2.98. The highest BCUT2D eigenvalue weighted by atomic mass is 32.2. The number of nitrogens with zero attached hydrogens (tertiary/aromatic N) is 2. The minimum absolute atomic E-state index is 0.0256. The Labute approximate surface area is 244 Å². The summed E-state index contributed by atoms with van der Waals surface area (Å²) in [5.41, 5.74) is 4.06. The number of hydrogen-bond acceptors (Lipinski definition) is 4. The van der Waals surface area contributed by atoms with E-state index < -0.39 is 0 Å². The number of nitrogens with one attached hydrogen (secondary N) is 1. The van der Waals surface area contributed by atoms with Crippen molar-refractivity contribution in [3.63, 3.8) is 0 Å². The number of fused-ring (bicyclic) bond motifs is 1. The maximum absolute atomic E-state index is 13.7. The Morgan fingerprint density at radius 1 is 1.05 bits per heavy atom. The SMILES string of the molecule is CCC1CCCCN1CCCNC(=O)c1ccc(/C=C2/SC3CCCCC3N(Cc3cccc(C)c3)C2=O)cc1. The molecule has 0 bridgehead atoms. The second-order valence-electron chi connectivity index (χ2n) is 11.8. The Balaban J connectivity index is 1.19. The van der Waals surface area contributed by atoms with Crippen molar-refractivity contribution in [2.45, 2.75) is 95.5 Å². The Kier molecular flexibility index (Phi) is 10.0. The first-order valence-electron chi connectivity index (χ1n) is 15.4. The van der Waals surface area contributed by atoms with Gasteiger partial charge in [-0.15, -0.1) is 11.8 Å². The number of piperidine rings is 1. The smallest absolute Gasteiger partial charge is 0.260 e. The molecule has 5 rings (SSSR count). The van der Waals surface area contributed by atoms with Crippen LogP contribution in [-0.4, -0.2) is 58.6 Å². The topological polar surface area (TPSA) is 52.7 Å². The van der Waals surface area contributed by atoms with E-state index in [-0.39, 0.29) is 11.8 Å². The van der Waals surface area contributed by atoms with Crippen molar-refractivity contribution in [2.75, 3.05) is 19.6 Å². The molecule has 0 radical (unpaired) electrons. The fraction of sp³-hybridized carbons (Fsp3) is 0.529. The number of carbonyl (C=O) groups excluding carboxylic acids is 2. The van der Waals surface area contributed by atoms with Gasteiger partial charge in [-0.2, -0.15) is 0 Å². The summed E-state index contributed by atoms with van der Waals surface area (Å²) in [6, 6.07) is 17.2. The first-order valence-corrected chi connectivity index (χ1v) is 16.3. The van der Waals surface area contributed by atoms with Crippen LogP contribution in [0.3, 0.4) is 0 Å². The van der Waals surface area contributed by atoms with E-state index in [9.17, 15) is 9.59 Å². The fourth-order valence-corrected chi connectivity index (χ4v) is 8.13. The Morgan fingerprint density at radius 2 is 1.85 bits per heavy atom. The second kappa shape index (κ2) is 13.9. The van der Waals surface area contributed by atoms with Crippen LogP contribution in [0, 0.1) is 6.92 Å². The van der Waals surface area contributed by atoms with Crippen molar-refractivity contribution in [3.8, 4) is 0 Å². The molecular formula is C34H45N3O2S. The van der Waals surface area contributed by atoms with Gasteiger partial charge in [-0.05, 0) is 81.3 Å². The minimum Gasteiger partial charge on any atom is -0.352 e. The van der Waals surface area contributed by atoms with E-state index in [1.165, 1.54) is 56.2 Å². The van der Waals surface area contributed by atoms with E-state index in [0.29, 0.717) is 36.0 Å². The van der Waals surface area contributed by atoms with Crippen LogP contribution in [0.1, 0.15) is 91.8 Å². The number of benzene rings is 2. The Bertz CT molecular complexity index is 1190. The quantitative estimate of drug-likeness (QED) is 0.271. The molecule has 1 saturated carbocycles. The Morgan fingerprint density at radius 3 is 2.65 bits per heavy atom. The molecule has 2 aromatic rings. The van der Waals surface area contributed by atoms with Gasteiger partial charge < -0.3 is 15.1 Å². The van der Waals surface area contributed by atoms with E-state index in [2.05, 4.69) is 53.2 Å². The van der Waals surface area contributed by atoms with E-state index >= 15 is 0 Å². The molecule has 6 heteroatoms. The number of amides is 2. The molecule has 214 valence electrons. The van der Waals surface area contributed by atoms with Gasteiger partial charge in [0, 0.05) is 42.5 Å². The van der Waals surface area contributed by atoms with Gasteiger partial charge in [-0.3, -0.25) is 9.59 Å². The summed E-state index contributed by atoms with van der Waals surface area (Å²) in [5, 5.41) is 3.55. The van der Waals surface area contributed by atoms with Gasteiger partial charge in [0.15, 0.2) is 0 Å². The van der Waals surface area contributed by atoms with Gasteiger partial charge in [-0.25, -0.2) is 0 Å². The van der Waals surface area contributed by atoms with Crippen molar-refractivity contribution in [1.82, 2.24) is 15.1 Å². The van der Waals surface area contributed by atoms with Crippen LogP contribution in [0.5, 0.6) is 0 Å². The van der Waals surface area contributed by atoms with E-state index in [1.807, 2.05) is 30.3 Å². The van der Waals surface area contributed by atoms with E-state index in [4.69, 9.17) is 0 Å². The fourth-order valence-electron chi connectivity index (χ4n) is 6.65. The summed E-state index contributed by atoms with van der Waals surface area (Å²) in [6.07, 6.45) is 12.8. The van der Waals surface area contributed by atoms with Crippen molar-refractivity contribution in [3.05, 3.63) is 75.7 Å². The Hall–Kier alpha value is -2.57. The van der Waals surface area contributed by atoms with Crippen LogP contribution in [0.15, 0.2) is 53.4 Å². The lowest BCUT2D eigenvalue weighted by Crippen LogP contribution is -2.50. The lowest BCUT2D eigenvalue weighted by molar-refractivity contribution is -0.130. The molecule has 40 heavy (non-hydrogen) atoms. The summed E-state index contributed by atoms with van der Waals surface area (Å²) in [6.45, 7) is 7.99. The molecule has 1 aliphatic carbocycles. The predicted octanol–water partition coefficient (Wildman–Crippen LogP) is 6.81. The zero-order valence-electron chi connectivity index (χ0n) is 24.2. The van der Waals surface area contributed by atoms with E-state index in [1.54, 1.807) is 11.8 Å². The second-order valence-corrected chi connectivity index (χ2v) is 13.0. The van der Waals surface area contributed by atoms with Gasteiger partial charge in [-0.1, -0.05) is 68.1 Å². The van der Waals surface area contributed by atoms with Crippen molar-refractivity contribution in [1.29, 1.82) is 0 Å². The highest BCUT2D eigenvalue weighted by molar-refractivity contribution is 8.04. The molecule has 0 aromatic heterocycles. The summed E-state index contributed by atoms with van der Waals surface area (Å²) in [5.74, 6) is 0.109. The van der Waals surface area contributed by atoms with Crippen LogP contribution in [0.4, 0.5) is 0 Å². The highest BCUT2D eigenvalue weighted by Gasteiger charge is 2.40. The number of thioether (sulfide) groups is 1. The third-order valence-corrected chi connectivity index (χ3v) is 10.3. The maximum atomic E-state index is 13.7. The molecular weight excluding hydrogens is 514 g/mol. The molecule has 2 aromatic carbocycles. The van der Waals surface area contributed by atoms with Crippen LogP contribution in [-0.2, 0) is 11.3 Å². The third-order valence-electron chi connectivity index (χ3n) is 8.85. The number of hydrogen-bond donors (Lipinski definition) is 1. The molecule has 3 fully saturated rings. The van der Waals surface area contributed by atoms with Crippen LogP contribution in [0.2, 0.25) is 0 Å². The minimum atomic E-state index is -0.0256. The first-order chi connectivity index (χ1) is 19.5. The summed E-state index contributed by atoms with van der Waals surface area (Å²) in [7, 11) is 0. The molecule has 2 heterocycles. The number of carbonyl (C=O) groups is 2. The number of likely N-dealkylation sites (tertiary alicyclic amines) is 1. The van der Waals surface area contributed by atoms with Crippen LogP contribution in [0.25, 0.3) is 6.08 Å².